The van der Waals surface area contributed by atoms with Crippen molar-refractivity contribution in [3.63, 3.8) is 0 Å². The molecule has 3 amide bonds. The monoisotopic (exact) mass is 330 g/mol. The van der Waals surface area contributed by atoms with E-state index >= 15 is 0 Å². The molecule has 0 aromatic rings. The van der Waals surface area contributed by atoms with E-state index in [9.17, 15) is 24.0 Å². The lowest BCUT2D eigenvalue weighted by atomic mass is 10.1. The van der Waals surface area contributed by atoms with Gasteiger partial charge in [-0.1, -0.05) is 0 Å². The van der Waals surface area contributed by atoms with Crippen LogP contribution in [0.4, 0.5) is 0 Å². The van der Waals surface area contributed by atoms with E-state index in [1.54, 1.807) is 0 Å². The largest absolute Gasteiger partial charge is 0.481 e. The maximum absolute atomic E-state index is 12.0. The van der Waals surface area contributed by atoms with Crippen molar-refractivity contribution in [1.29, 1.82) is 0 Å². The number of carboxylic acids is 1. The summed E-state index contributed by atoms with van der Waals surface area (Å²) in [5.74, 6) is -2.73. The average molecular weight is 330 g/mol. The van der Waals surface area contributed by atoms with Gasteiger partial charge >= 0.3 is 5.97 Å². The molecule has 0 saturated heterocycles. The second-order valence-corrected chi connectivity index (χ2v) is 4.74. The van der Waals surface area contributed by atoms with Gasteiger partial charge in [0.25, 0.3) is 5.91 Å². The third-order valence-corrected chi connectivity index (χ3v) is 2.78. The van der Waals surface area contributed by atoms with Crippen LogP contribution in [0.3, 0.4) is 0 Å². The SMILES string of the molecule is CNNC(=O)[C@H](C)NC(=O)C(CC=O)NC(=O)CCCC(=O)O. The molecule has 0 aliphatic heterocycles. The lowest BCUT2D eigenvalue weighted by molar-refractivity contribution is -0.137. The number of aliphatic carboxylic acids is 1. The summed E-state index contributed by atoms with van der Waals surface area (Å²) < 4.78 is 0. The van der Waals surface area contributed by atoms with Gasteiger partial charge in [0.05, 0.1) is 0 Å². The highest BCUT2D eigenvalue weighted by Gasteiger charge is 2.23. The molecule has 2 atom stereocenters. The fourth-order valence-electron chi connectivity index (χ4n) is 1.61. The molecule has 130 valence electrons. The number of hydrogen-bond donors (Lipinski definition) is 5. The Bertz CT molecular complexity index is 454. The predicted octanol–water partition coefficient (Wildman–Crippen LogP) is -1.93. The smallest absolute Gasteiger partial charge is 0.303 e. The number of hydrogen-bond acceptors (Lipinski definition) is 6. The van der Waals surface area contributed by atoms with Crippen LogP contribution in [0.5, 0.6) is 0 Å². The Morgan fingerprint density at radius 2 is 1.74 bits per heavy atom. The molecule has 0 fully saturated rings. The fourth-order valence-corrected chi connectivity index (χ4v) is 1.61. The van der Waals surface area contributed by atoms with Crippen molar-refractivity contribution in [2.45, 2.75) is 44.7 Å². The first-order valence-corrected chi connectivity index (χ1v) is 7.03. The molecule has 10 heteroatoms. The highest BCUT2D eigenvalue weighted by molar-refractivity contribution is 5.92. The van der Waals surface area contributed by atoms with E-state index in [2.05, 4.69) is 21.5 Å². The normalized spacial score (nSPS) is 12.6. The van der Waals surface area contributed by atoms with Crippen molar-refractivity contribution in [3.05, 3.63) is 0 Å². The minimum Gasteiger partial charge on any atom is -0.481 e. The van der Waals surface area contributed by atoms with Crippen LogP contribution in [-0.2, 0) is 24.0 Å². The van der Waals surface area contributed by atoms with Crippen molar-refractivity contribution in [1.82, 2.24) is 21.5 Å². The number of nitrogens with one attached hydrogen (secondary N) is 4. The summed E-state index contributed by atoms with van der Waals surface area (Å²) in [4.78, 5) is 56.1. The van der Waals surface area contributed by atoms with Crippen molar-refractivity contribution in [2.24, 2.45) is 0 Å². The van der Waals surface area contributed by atoms with Crippen LogP contribution in [0.1, 0.15) is 32.6 Å². The van der Waals surface area contributed by atoms with Crippen molar-refractivity contribution < 1.29 is 29.1 Å². The zero-order chi connectivity index (χ0) is 17.8. The van der Waals surface area contributed by atoms with Gasteiger partial charge in [-0.05, 0) is 13.3 Å². The summed E-state index contributed by atoms with van der Waals surface area (Å²) in [5, 5.41) is 13.2. The maximum Gasteiger partial charge on any atom is 0.303 e. The Hall–Kier alpha value is -2.49. The maximum atomic E-state index is 12.0. The average Bonchev–Trinajstić information content (AvgIpc) is 2.46. The van der Waals surface area contributed by atoms with E-state index in [0.29, 0.717) is 6.29 Å². The lowest BCUT2D eigenvalue weighted by Crippen LogP contribution is -2.54. The van der Waals surface area contributed by atoms with E-state index in [0.717, 1.165) is 0 Å². The van der Waals surface area contributed by atoms with E-state index in [1.165, 1.54) is 14.0 Å². The molecule has 10 nitrogen and oxygen atoms in total. The van der Waals surface area contributed by atoms with E-state index in [4.69, 9.17) is 5.11 Å². The van der Waals surface area contributed by atoms with Crippen LogP contribution >= 0.6 is 0 Å². The highest BCUT2D eigenvalue weighted by Crippen LogP contribution is 1.98. The molecule has 0 aromatic carbocycles. The molecule has 0 bridgehead atoms. The molecule has 0 radical (unpaired) electrons. The molecular formula is C13H22N4O6. The van der Waals surface area contributed by atoms with Crippen molar-refractivity contribution in [2.75, 3.05) is 7.05 Å². The van der Waals surface area contributed by atoms with Crippen LogP contribution < -0.4 is 21.5 Å². The third-order valence-electron chi connectivity index (χ3n) is 2.78. The van der Waals surface area contributed by atoms with Gasteiger partial charge < -0.3 is 20.5 Å². The van der Waals surface area contributed by atoms with Gasteiger partial charge in [0.15, 0.2) is 0 Å². The number of aldehydes is 1. The van der Waals surface area contributed by atoms with Crippen molar-refractivity contribution in [3.8, 4) is 0 Å². The van der Waals surface area contributed by atoms with Gasteiger partial charge in [0.2, 0.25) is 11.8 Å². The van der Waals surface area contributed by atoms with Crippen LogP contribution in [0.25, 0.3) is 0 Å². The molecule has 23 heavy (non-hydrogen) atoms. The topological polar surface area (TPSA) is 154 Å². The molecule has 0 spiro atoms. The molecular weight excluding hydrogens is 308 g/mol. The molecule has 0 heterocycles. The first-order valence-electron chi connectivity index (χ1n) is 7.03. The number of rotatable bonds is 11. The fraction of sp³-hybridized carbons (Fsp3) is 0.615. The minimum absolute atomic E-state index is 0.0786. The molecule has 1 unspecified atom stereocenters. The number of amides is 3. The Balaban J connectivity index is 4.49. The Morgan fingerprint density at radius 3 is 2.26 bits per heavy atom. The molecule has 0 saturated carbocycles. The van der Waals surface area contributed by atoms with Gasteiger partial charge in [-0.3, -0.25) is 24.6 Å². The summed E-state index contributed by atoms with van der Waals surface area (Å²) in [6.45, 7) is 1.44. The van der Waals surface area contributed by atoms with Crippen molar-refractivity contribution >= 4 is 30.0 Å². The summed E-state index contributed by atoms with van der Waals surface area (Å²) in [5.41, 5.74) is 4.70. The standard InChI is InChI=1S/C13H22N4O6/c1-8(12(22)17-14-2)15-13(23)9(6-7-18)16-10(19)4-3-5-11(20)21/h7-9,14H,3-6H2,1-2H3,(H,15,23)(H,16,19)(H,17,22)(H,20,21)/t8-,9?/m0/s1. The number of carboxylic acid groups (broad SMARTS) is 1. The third kappa shape index (κ3) is 9.19. The van der Waals surface area contributed by atoms with E-state index < -0.39 is 35.8 Å². The molecule has 0 aromatic heterocycles. The van der Waals surface area contributed by atoms with Gasteiger partial charge in [-0.25, -0.2) is 5.43 Å². The number of hydrazine groups is 1. The second-order valence-electron chi connectivity index (χ2n) is 4.74. The second kappa shape index (κ2) is 11.1. The van der Waals surface area contributed by atoms with Gasteiger partial charge in [-0.2, -0.15) is 0 Å². The first kappa shape index (κ1) is 20.5. The van der Waals surface area contributed by atoms with Crippen LogP contribution in [0, 0.1) is 0 Å². The molecule has 0 aliphatic rings. The summed E-state index contributed by atoms with van der Waals surface area (Å²) in [6, 6.07) is -1.98. The Morgan fingerprint density at radius 1 is 1.09 bits per heavy atom. The Kier molecular flexibility index (Phi) is 9.92. The highest BCUT2D eigenvalue weighted by atomic mass is 16.4. The lowest BCUT2D eigenvalue weighted by Gasteiger charge is -2.19. The number of carbonyl (C=O) groups excluding carboxylic acids is 4. The molecule has 5 N–H and O–H groups in total. The quantitative estimate of drug-likeness (QED) is 0.218. The predicted molar refractivity (Wildman–Crippen MR) is 78.9 cm³/mol. The zero-order valence-corrected chi connectivity index (χ0v) is 13.0. The van der Waals surface area contributed by atoms with Crippen LogP contribution in [0.2, 0.25) is 0 Å². The zero-order valence-electron chi connectivity index (χ0n) is 13.0. The minimum atomic E-state index is -1.12. The molecule has 0 aliphatic carbocycles. The molecule has 0 rings (SSSR count). The van der Waals surface area contributed by atoms with Crippen LogP contribution in [-0.4, -0.2) is 54.2 Å². The summed E-state index contributed by atoms with van der Waals surface area (Å²) >= 11 is 0. The number of carbonyl (C=O) groups is 5. The first-order chi connectivity index (χ1) is 10.8. The van der Waals surface area contributed by atoms with E-state index in [-0.39, 0.29) is 25.7 Å². The summed E-state index contributed by atoms with van der Waals surface area (Å²) in [6.07, 6.45) is 0.0957. The van der Waals surface area contributed by atoms with Gasteiger partial charge in [0, 0.05) is 26.3 Å². The van der Waals surface area contributed by atoms with E-state index in [1.807, 2.05) is 0 Å². The van der Waals surface area contributed by atoms with Gasteiger partial charge in [-0.15, -0.1) is 0 Å². The van der Waals surface area contributed by atoms with Crippen LogP contribution in [0.15, 0.2) is 0 Å². The summed E-state index contributed by atoms with van der Waals surface area (Å²) in [7, 11) is 1.49. The van der Waals surface area contributed by atoms with Gasteiger partial charge in [0.1, 0.15) is 18.4 Å². The Labute approximate surface area is 133 Å².